The van der Waals surface area contributed by atoms with E-state index in [9.17, 15) is 24.3 Å². The lowest BCUT2D eigenvalue weighted by atomic mass is 9.98. The molecule has 2 N–H and O–H groups in total. The monoisotopic (exact) mass is 394 g/mol. The Morgan fingerprint density at radius 1 is 1.00 bits per heavy atom. The Morgan fingerprint density at radius 2 is 1.50 bits per heavy atom. The fourth-order valence-corrected chi connectivity index (χ4v) is 3.58. The highest BCUT2D eigenvalue weighted by Gasteiger charge is 2.58. The molecule has 0 aromatic heterocycles. The van der Waals surface area contributed by atoms with Gasteiger partial charge in [-0.3, -0.25) is 19.2 Å². The number of aliphatic carboxylic acids is 1. The summed E-state index contributed by atoms with van der Waals surface area (Å²) in [4.78, 5) is 45.0. The van der Waals surface area contributed by atoms with Crippen LogP contribution in [0.1, 0.15) is 34.1 Å². The van der Waals surface area contributed by atoms with Gasteiger partial charge in [0.1, 0.15) is 0 Å². The van der Waals surface area contributed by atoms with Gasteiger partial charge in [0, 0.05) is 26.5 Å². The summed E-state index contributed by atoms with van der Waals surface area (Å²) in [6.45, 7) is 4.79. The van der Waals surface area contributed by atoms with Crippen molar-refractivity contribution in [3.05, 3.63) is 0 Å². The fourth-order valence-electron chi connectivity index (χ4n) is 2.44. The van der Waals surface area contributed by atoms with Crippen molar-refractivity contribution in [1.29, 1.82) is 0 Å². The molecule has 1 fully saturated rings. The van der Waals surface area contributed by atoms with Crippen LogP contribution in [0, 0.1) is 0 Å². The van der Waals surface area contributed by atoms with Crippen molar-refractivity contribution in [2.24, 2.45) is 0 Å². The second kappa shape index (κ2) is 9.19. The second-order valence-electron chi connectivity index (χ2n) is 5.62. The van der Waals surface area contributed by atoms with Crippen molar-refractivity contribution in [3.63, 3.8) is 0 Å². The van der Waals surface area contributed by atoms with Crippen LogP contribution in [0.15, 0.2) is 0 Å². The molecule has 11 heteroatoms. The van der Waals surface area contributed by atoms with Crippen LogP contribution < -0.4 is 0 Å². The highest BCUT2D eigenvalue weighted by atomic mass is 32.2. The van der Waals surface area contributed by atoms with Crippen LogP contribution in [0.25, 0.3) is 0 Å². The van der Waals surface area contributed by atoms with Crippen molar-refractivity contribution < 1.29 is 48.3 Å². The molecule has 1 rings (SSSR count). The lowest BCUT2D eigenvalue weighted by Gasteiger charge is -2.47. The zero-order chi connectivity index (χ0) is 20.1. The molecule has 0 unspecified atom stereocenters. The number of carbonyl (C=O) groups excluding carboxylic acids is 3. The van der Waals surface area contributed by atoms with E-state index in [0.717, 1.165) is 20.8 Å². The summed E-state index contributed by atoms with van der Waals surface area (Å²) in [5.41, 5.74) is 0. The van der Waals surface area contributed by atoms with Gasteiger partial charge in [0.05, 0.1) is 12.5 Å². The molecule has 1 aliphatic heterocycles. The summed E-state index contributed by atoms with van der Waals surface area (Å²) in [5.74, 6) is -3.40. The largest absolute Gasteiger partial charge is 0.481 e. The van der Waals surface area contributed by atoms with E-state index in [1.54, 1.807) is 0 Å². The van der Waals surface area contributed by atoms with E-state index in [0.29, 0.717) is 11.8 Å². The maximum atomic E-state index is 11.5. The fraction of sp³-hybridized carbons (Fsp3) is 0.733. The van der Waals surface area contributed by atoms with Crippen LogP contribution in [0.2, 0.25) is 0 Å². The van der Waals surface area contributed by atoms with Crippen molar-refractivity contribution in [3.8, 4) is 0 Å². The van der Waals surface area contributed by atoms with Crippen LogP contribution in [-0.4, -0.2) is 69.4 Å². The zero-order valence-electron chi connectivity index (χ0n) is 14.8. The predicted octanol–water partition coefficient (Wildman–Crippen LogP) is 0.0542. The number of hydrogen-bond acceptors (Lipinski definition) is 10. The summed E-state index contributed by atoms with van der Waals surface area (Å²) >= 11 is 0.677. The van der Waals surface area contributed by atoms with Gasteiger partial charge in [-0.1, -0.05) is 11.8 Å². The van der Waals surface area contributed by atoms with Crippen LogP contribution >= 0.6 is 11.8 Å². The van der Waals surface area contributed by atoms with Gasteiger partial charge in [0.2, 0.25) is 6.10 Å². The summed E-state index contributed by atoms with van der Waals surface area (Å²) in [5, 5.41) is 17.4. The molecule has 10 nitrogen and oxygen atoms in total. The average molecular weight is 394 g/mol. The van der Waals surface area contributed by atoms with Gasteiger partial charge in [-0.25, -0.2) is 0 Å². The lowest BCUT2D eigenvalue weighted by molar-refractivity contribution is -0.304. The Bertz CT molecular complexity index is 565. The number of ether oxygens (including phenoxy) is 4. The van der Waals surface area contributed by atoms with Gasteiger partial charge < -0.3 is 29.2 Å². The number of rotatable bonds is 7. The number of carbonyl (C=O) groups is 4. The Labute approximate surface area is 154 Å². The summed E-state index contributed by atoms with van der Waals surface area (Å²) in [7, 11) is 0. The maximum absolute atomic E-state index is 11.5. The molecule has 26 heavy (non-hydrogen) atoms. The highest BCUT2D eigenvalue weighted by molar-refractivity contribution is 8.00. The minimum absolute atomic E-state index is 0.0681. The summed E-state index contributed by atoms with van der Waals surface area (Å²) < 4.78 is 20.8. The minimum Gasteiger partial charge on any atom is -0.481 e. The third-order valence-corrected chi connectivity index (χ3v) is 4.47. The standard InChI is InChI=1S/C15H22O10S/c1-7-12(22-8(2)16)13(23-9(3)17)14(24-10(4)18)15(21,25-7)26-6-5-11(19)20/h7,12-14,21H,5-6H2,1-4H3,(H,19,20)/t7-,12-,13+,14+,15-/m0/s1. The van der Waals surface area contributed by atoms with Gasteiger partial charge in [0.15, 0.2) is 12.2 Å². The van der Waals surface area contributed by atoms with E-state index >= 15 is 0 Å². The Kier molecular flexibility index (Phi) is 7.85. The van der Waals surface area contributed by atoms with E-state index in [1.807, 2.05) is 0 Å². The van der Waals surface area contributed by atoms with Crippen molar-refractivity contribution in [2.75, 3.05) is 5.75 Å². The highest BCUT2D eigenvalue weighted by Crippen LogP contribution is 2.41. The summed E-state index contributed by atoms with van der Waals surface area (Å²) in [6, 6.07) is 0. The first-order valence-corrected chi connectivity index (χ1v) is 8.72. The van der Waals surface area contributed by atoms with E-state index in [2.05, 4.69) is 0 Å². The number of carboxylic acids is 1. The van der Waals surface area contributed by atoms with Gasteiger partial charge in [0.25, 0.3) is 5.12 Å². The maximum Gasteiger partial charge on any atom is 0.304 e. The van der Waals surface area contributed by atoms with E-state index in [4.69, 9.17) is 24.1 Å². The number of carboxylic acid groups (broad SMARTS) is 1. The van der Waals surface area contributed by atoms with Gasteiger partial charge >= 0.3 is 23.9 Å². The van der Waals surface area contributed by atoms with Crippen LogP contribution in [-0.2, 0) is 38.1 Å². The molecule has 0 aromatic rings. The number of thioether (sulfide) groups is 1. The quantitative estimate of drug-likeness (QED) is 0.343. The van der Waals surface area contributed by atoms with E-state index in [-0.39, 0.29) is 12.2 Å². The number of hydrogen-bond donors (Lipinski definition) is 2. The molecular weight excluding hydrogens is 372 g/mol. The smallest absolute Gasteiger partial charge is 0.304 e. The SMILES string of the molecule is CC(=O)O[C@@H]1[C@@H](OC(C)=O)[C@@H](OC(C)=O)[C@@](O)(SCCC(=O)O)O[C@H]1C. The van der Waals surface area contributed by atoms with E-state index < -0.39 is 53.4 Å². The molecule has 0 spiro atoms. The molecule has 148 valence electrons. The molecule has 0 amide bonds. The van der Waals surface area contributed by atoms with Crippen molar-refractivity contribution >= 4 is 35.6 Å². The third kappa shape index (κ3) is 6.15. The third-order valence-electron chi connectivity index (χ3n) is 3.32. The first-order valence-electron chi connectivity index (χ1n) is 7.74. The molecule has 1 aliphatic rings. The molecule has 1 saturated heterocycles. The normalized spacial score (nSPS) is 31.0. The van der Waals surface area contributed by atoms with Crippen LogP contribution in [0.4, 0.5) is 0 Å². The van der Waals surface area contributed by atoms with Crippen molar-refractivity contribution in [2.45, 2.75) is 63.7 Å². The number of esters is 3. The van der Waals surface area contributed by atoms with Crippen LogP contribution in [0.5, 0.6) is 0 Å². The first kappa shape index (κ1) is 22.2. The first-order chi connectivity index (χ1) is 12.0. The van der Waals surface area contributed by atoms with Crippen LogP contribution in [0.3, 0.4) is 0 Å². The number of aliphatic hydroxyl groups is 1. The Morgan fingerprint density at radius 3 is 1.96 bits per heavy atom. The Hall–Kier alpha value is -1.85. The molecular formula is C15H22O10S. The predicted molar refractivity (Wildman–Crippen MR) is 86.9 cm³/mol. The van der Waals surface area contributed by atoms with Gasteiger partial charge in [-0.15, -0.1) is 0 Å². The minimum atomic E-state index is -2.20. The molecule has 1 heterocycles. The lowest BCUT2D eigenvalue weighted by Crippen LogP contribution is -2.65. The molecule has 5 atom stereocenters. The molecule has 0 bridgehead atoms. The molecule has 0 radical (unpaired) electrons. The van der Waals surface area contributed by atoms with Gasteiger partial charge in [-0.2, -0.15) is 0 Å². The summed E-state index contributed by atoms with van der Waals surface area (Å²) in [6.07, 6.45) is -5.24. The van der Waals surface area contributed by atoms with Gasteiger partial charge in [-0.05, 0) is 6.92 Å². The average Bonchev–Trinajstić information content (AvgIpc) is 2.45. The molecule has 0 aromatic carbocycles. The van der Waals surface area contributed by atoms with Crippen molar-refractivity contribution in [1.82, 2.24) is 0 Å². The second-order valence-corrected chi connectivity index (χ2v) is 6.91. The molecule has 0 saturated carbocycles. The zero-order valence-corrected chi connectivity index (χ0v) is 15.6. The van der Waals surface area contributed by atoms with E-state index in [1.165, 1.54) is 6.92 Å². The molecule has 0 aliphatic carbocycles. The topological polar surface area (TPSA) is 146 Å². The Balaban J connectivity index is 3.20.